The van der Waals surface area contributed by atoms with E-state index in [1.54, 1.807) is 15.9 Å². The molecule has 0 spiro atoms. The Morgan fingerprint density at radius 3 is 2.57 bits per heavy atom. The van der Waals surface area contributed by atoms with Crippen LogP contribution in [0.2, 0.25) is 0 Å². The zero-order chi connectivity index (χ0) is 16.2. The van der Waals surface area contributed by atoms with Crippen molar-refractivity contribution in [2.24, 2.45) is 0 Å². The lowest BCUT2D eigenvalue weighted by molar-refractivity contribution is -0.119. The molecule has 2 fully saturated rings. The van der Waals surface area contributed by atoms with Gasteiger partial charge in [0.05, 0.1) is 0 Å². The Kier molecular flexibility index (Phi) is 4.73. The minimum atomic E-state index is -0.0875. The maximum atomic E-state index is 12.6. The van der Waals surface area contributed by atoms with Gasteiger partial charge in [-0.2, -0.15) is 0 Å². The Bertz CT molecular complexity index is 578. The number of nitrogens with zero attached hydrogens (tertiary/aromatic N) is 4. The number of nitrogens with one attached hydrogen (secondary N) is 1. The quantitative estimate of drug-likeness (QED) is 0.840. The van der Waals surface area contributed by atoms with Crippen molar-refractivity contribution in [2.75, 3.05) is 31.5 Å². The molecule has 0 atom stereocenters. The number of carbonyl (C=O) groups is 2. The molecule has 1 saturated carbocycles. The predicted octanol–water partition coefficient (Wildman–Crippen LogP) is 1.05. The van der Waals surface area contributed by atoms with E-state index >= 15 is 0 Å². The van der Waals surface area contributed by atoms with Crippen molar-refractivity contribution in [3.8, 4) is 0 Å². The van der Waals surface area contributed by atoms with E-state index in [4.69, 9.17) is 0 Å². The fourth-order valence-electron chi connectivity index (χ4n) is 3.19. The highest BCUT2D eigenvalue weighted by Crippen LogP contribution is 2.21. The lowest BCUT2D eigenvalue weighted by atomic mass is 10.2. The number of carbonyl (C=O) groups excluding carboxylic acids is 2. The van der Waals surface area contributed by atoms with E-state index in [0.29, 0.717) is 43.9 Å². The maximum Gasteiger partial charge on any atom is 0.272 e. The standard InChI is InChI=1S/C16H23N5O2/c1-12-10-14(15(23)21-8-6-20(11-22)7-9-21)19-16(17-12)18-13-4-2-3-5-13/h10-11,13H,2-9H2,1H3,(H,17,18,19). The van der Waals surface area contributed by atoms with Crippen molar-refractivity contribution in [1.29, 1.82) is 0 Å². The first kappa shape index (κ1) is 15.7. The van der Waals surface area contributed by atoms with Crippen LogP contribution in [0.4, 0.5) is 5.95 Å². The zero-order valence-corrected chi connectivity index (χ0v) is 13.5. The Morgan fingerprint density at radius 2 is 1.91 bits per heavy atom. The van der Waals surface area contributed by atoms with Gasteiger partial charge in [0.1, 0.15) is 5.69 Å². The summed E-state index contributed by atoms with van der Waals surface area (Å²) < 4.78 is 0. The molecule has 23 heavy (non-hydrogen) atoms. The molecule has 2 heterocycles. The van der Waals surface area contributed by atoms with Crippen LogP contribution in [-0.2, 0) is 4.79 Å². The fourth-order valence-corrected chi connectivity index (χ4v) is 3.19. The first-order chi connectivity index (χ1) is 11.2. The molecule has 2 aliphatic rings. The highest BCUT2D eigenvalue weighted by molar-refractivity contribution is 5.92. The van der Waals surface area contributed by atoms with Gasteiger partial charge in [-0.1, -0.05) is 12.8 Å². The molecule has 1 N–H and O–H groups in total. The third kappa shape index (κ3) is 3.78. The topological polar surface area (TPSA) is 78.4 Å². The van der Waals surface area contributed by atoms with Crippen molar-refractivity contribution in [2.45, 2.75) is 38.6 Å². The summed E-state index contributed by atoms with van der Waals surface area (Å²) >= 11 is 0. The molecular weight excluding hydrogens is 294 g/mol. The van der Waals surface area contributed by atoms with Gasteiger partial charge in [0.15, 0.2) is 0 Å². The van der Waals surface area contributed by atoms with Crippen molar-refractivity contribution in [1.82, 2.24) is 19.8 Å². The van der Waals surface area contributed by atoms with Gasteiger partial charge in [0, 0.05) is 37.9 Å². The molecule has 1 aromatic heterocycles. The third-order valence-corrected chi connectivity index (χ3v) is 4.51. The molecule has 1 aliphatic heterocycles. The second-order valence-corrected chi connectivity index (χ2v) is 6.28. The van der Waals surface area contributed by atoms with Gasteiger partial charge in [-0.25, -0.2) is 9.97 Å². The van der Waals surface area contributed by atoms with Gasteiger partial charge >= 0.3 is 0 Å². The van der Waals surface area contributed by atoms with Gasteiger partial charge in [-0.15, -0.1) is 0 Å². The van der Waals surface area contributed by atoms with E-state index in [9.17, 15) is 9.59 Å². The van der Waals surface area contributed by atoms with Crippen LogP contribution in [0.15, 0.2) is 6.07 Å². The Labute approximate surface area is 136 Å². The number of hydrogen-bond acceptors (Lipinski definition) is 5. The van der Waals surface area contributed by atoms with Crippen LogP contribution >= 0.6 is 0 Å². The lowest BCUT2D eigenvalue weighted by Crippen LogP contribution is -2.48. The van der Waals surface area contributed by atoms with Crippen LogP contribution in [0.1, 0.15) is 41.9 Å². The lowest BCUT2D eigenvalue weighted by Gasteiger charge is -2.32. The Balaban J connectivity index is 1.70. The highest BCUT2D eigenvalue weighted by atomic mass is 16.2. The molecular formula is C16H23N5O2. The number of aromatic nitrogens is 2. The predicted molar refractivity (Wildman–Crippen MR) is 86.2 cm³/mol. The van der Waals surface area contributed by atoms with Crippen molar-refractivity contribution >= 4 is 18.3 Å². The second kappa shape index (κ2) is 6.93. The van der Waals surface area contributed by atoms with E-state index in [-0.39, 0.29) is 5.91 Å². The molecule has 0 radical (unpaired) electrons. The number of hydrogen-bond donors (Lipinski definition) is 1. The summed E-state index contributed by atoms with van der Waals surface area (Å²) in [5.41, 5.74) is 1.22. The molecule has 0 bridgehead atoms. The normalized spacial score (nSPS) is 19.0. The molecule has 7 nitrogen and oxygen atoms in total. The molecule has 0 aromatic carbocycles. The van der Waals surface area contributed by atoms with Crippen LogP contribution < -0.4 is 5.32 Å². The van der Waals surface area contributed by atoms with Crippen LogP contribution in [0.5, 0.6) is 0 Å². The summed E-state index contributed by atoms with van der Waals surface area (Å²) in [4.78, 5) is 35.6. The average molecular weight is 317 g/mol. The first-order valence-corrected chi connectivity index (χ1v) is 8.26. The summed E-state index contributed by atoms with van der Waals surface area (Å²) in [5, 5.41) is 3.35. The highest BCUT2D eigenvalue weighted by Gasteiger charge is 2.23. The van der Waals surface area contributed by atoms with Crippen molar-refractivity contribution in [3.05, 3.63) is 17.5 Å². The number of aryl methyl sites for hydroxylation is 1. The van der Waals surface area contributed by atoms with E-state index in [0.717, 1.165) is 24.9 Å². The SMILES string of the molecule is Cc1cc(C(=O)N2CCN(C=O)CC2)nc(NC2CCCC2)n1. The number of amides is 2. The van der Waals surface area contributed by atoms with Crippen LogP contribution in [0.25, 0.3) is 0 Å². The van der Waals surface area contributed by atoms with Gasteiger partial charge < -0.3 is 15.1 Å². The van der Waals surface area contributed by atoms with Crippen LogP contribution in [0, 0.1) is 6.92 Å². The largest absolute Gasteiger partial charge is 0.351 e. The van der Waals surface area contributed by atoms with E-state index in [1.807, 2.05) is 6.92 Å². The maximum absolute atomic E-state index is 12.6. The van der Waals surface area contributed by atoms with Crippen LogP contribution in [0.3, 0.4) is 0 Å². The molecule has 2 amide bonds. The molecule has 0 unspecified atom stereocenters. The summed E-state index contributed by atoms with van der Waals surface area (Å²) in [6, 6.07) is 2.14. The minimum Gasteiger partial charge on any atom is -0.351 e. The summed E-state index contributed by atoms with van der Waals surface area (Å²) in [5.74, 6) is 0.460. The molecule has 1 aromatic rings. The summed E-state index contributed by atoms with van der Waals surface area (Å²) in [7, 11) is 0. The summed E-state index contributed by atoms with van der Waals surface area (Å²) in [6.07, 6.45) is 5.56. The smallest absolute Gasteiger partial charge is 0.272 e. The number of rotatable bonds is 4. The van der Waals surface area contributed by atoms with Crippen molar-refractivity contribution in [3.63, 3.8) is 0 Å². The third-order valence-electron chi connectivity index (χ3n) is 4.51. The fraction of sp³-hybridized carbons (Fsp3) is 0.625. The molecule has 124 valence electrons. The van der Waals surface area contributed by atoms with Gasteiger partial charge in [-0.3, -0.25) is 9.59 Å². The summed E-state index contributed by atoms with van der Waals surface area (Å²) in [6.45, 7) is 4.12. The van der Waals surface area contributed by atoms with Crippen LogP contribution in [-0.4, -0.2) is 64.3 Å². The first-order valence-electron chi connectivity index (χ1n) is 8.26. The van der Waals surface area contributed by atoms with E-state index in [2.05, 4.69) is 15.3 Å². The Morgan fingerprint density at radius 1 is 1.22 bits per heavy atom. The van der Waals surface area contributed by atoms with Gasteiger partial charge in [-0.05, 0) is 25.8 Å². The van der Waals surface area contributed by atoms with E-state index < -0.39 is 0 Å². The molecule has 1 aliphatic carbocycles. The molecule has 7 heteroatoms. The minimum absolute atomic E-state index is 0.0875. The van der Waals surface area contributed by atoms with E-state index in [1.165, 1.54) is 12.8 Å². The molecule has 1 saturated heterocycles. The zero-order valence-electron chi connectivity index (χ0n) is 13.5. The Hall–Kier alpha value is -2.18. The van der Waals surface area contributed by atoms with Gasteiger partial charge in [0.2, 0.25) is 12.4 Å². The van der Waals surface area contributed by atoms with Gasteiger partial charge in [0.25, 0.3) is 5.91 Å². The number of piperazine rings is 1. The second-order valence-electron chi connectivity index (χ2n) is 6.28. The van der Waals surface area contributed by atoms with Crippen molar-refractivity contribution < 1.29 is 9.59 Å². The average Bonchev–Trinajstić information content (AvgIpc) is 3.06. The monoisotopic (exact) mass is 317 g/mol. The molecule has 3 rings (SSSR count). The number of anilines is 1.